The largest absolute Gasteiger partial charge is 0.449 e. The molecule has 2 aromatic heterocycles. The van der Waals surface area contributed by atoms with E-state index in [1.54, 1.807) is 17.8 Å². The Kier molecular flexibility index (Phi) is 6.17. The summed E-state index contributed by atoms with van der Waals surface area (Å²) in [4.78, 5) is 29.4. The van der Waals surface area contributed by atoms with E-state index in [4.69, 9.17) is 4.74 Å². The van der Waals surface area contributed by atoms with Gasteiger partial charge in [-0.3, -0.25) is 9.48 Å². The van der Waals surface area contributed by atoms with E-state index in [0.717, 1.165) is 23.9 Å². The minimum atomic E-state index is -3.52. The number of hydrogen-bond acceptors (Lipinski definition) is 7. The molecule has 10 nitrogen and oxygen atoms in total. The zero-order valence-corrected chi connectivity index (χ0v) is 19.4. The van der Waals surface area contributed by atoms with Crippen molar-refractivity contribution in [2.45, 2.75) is 37.7 Å². The van der Waals surface area contributed by atoms with Crippen LogP contribution in [0, 0.1) is 6.92 Å². The minimum Gasteiger partial charge on any atom is -0.449 e. The molecule has 0 saturated carbocycles. The van der Waals surface area contributed by atoms with Crippen LogP contribution in [0.4, 0.5) is 5.69 Å². The number of rotatable bonds is 6. The van der Waals surface area contributed by atoms with Crippen molar-refractivity contribution in [1.82, 2.24) is 19.1 Å². The monoisotopic (exact) mass is 471 g/mol. The van der Waals surface area contributed by atoms with E-state index in [1.165, 1.54) is 41.7 Å². The van der Waals surface area contributed by atoms with Crippen molar-refractivity contribution in [1.29, 1.82) is 0 Å². The summed E-state index contributed by atoms with van der Waals surface area (Å²) in [6, 6.07) is 7.57. The number of hydrogen-bond donors (Lipinski definition) is 1. The van der Waals surface area contributed by atoms with Gasteiger partial charge in [-0.05, 0) is 57.0 Å². The van der Waals surface area contributed by atoms with Gasteiger partial charge in [-0.25, -0.2) is 18.2 Å². The van der Waals surface area contributed by atoms with E-state index in [1.807, 2.05) is 6.92 Å². The van der Waals surface area contributed by atoms with Crippen molar-refractivity contribution in [2.75, 3.05) is 18.4 Å². The molecule has 3 heterocycles. The van der Waals surface area contributed by atoms with Gasteiger partial charge in [0.1, 0.15) is 0 Å². The molecule has 33 heavy (non-hydrogen) atoms. The molecule has 3 aromatic rings. The highest BCUT2D eigenvalue weighted by Gasteiger charge is 2.27. The van der Waals surface area contributed by atoms with E-state index >= 15 is 0 Å². The number of pyridine rings is 1. The van der Waals surface area contributed by atoms with Crippen LogP contribution < -0.4 is 5.32 Å². The zero-order valence-electron chi connectivity index (χ0n) is 18.6. The molecule has 1 aromatic carbocycles. The van der Waals surface area contributed by atoms with Crippen molar-refractivity contribution in [3.05, 3.63) is 47.8 Å². The summed E-state index contributed by atoms with van der Waals surface area (Å²) >= 11 is 0. The molecule has 1 saturated heterocycles. The van der Waals surface area contributed by atoms with Crippen LogP contribution >= 0.6 is 0 Å². The first kappa shape index (κ1) is 22.9. The topological polar surface area (TPSA) is 123 Å². The van der Waals surface area contributed by atoms with Gasteiger partial charge in [-0.1, -0.05) is 0 Å². The Balaban J connectivity index is 1.39. The molecular formula is C22H25N5O5S. The number of sulfonamides is 1. The molecule has 1 fully saturated rings. The van der Waals surface area contributed by atoms with Gasteiger partial charge in [-0.2, -0.15) is 9.40 Å². The van der Waals surface area contributed by atoms with Crippen molar-refractivity contribution in [3.8, 4) is 0 Å². The molecular weight excluding hydrogens is 446 g/mol. The number of esters is 1. The van der Waals surface area contributed by atoms with Crippen LogP contribution in [0.2, 0.25) is 0 Å². The van der Waals surface area contributed by atoms with Gasteiger partial charge in [0, 0.05) is 37.4 Å². The Morgan fingerprint density at radius 1 is 1.15 bits per heavy atom. The highest BCUT2D eigenvalue weighted by atomic mass is 32.2. The Hall–Kier alpha value is -3.31. The van der Waals surface area contributed by atoms with Crippen molar-refractivity contribution in [2.24, 2.45) is 7.05 Å². The van der Waals surface area contributed by atoms with E-state index < -0.39 is 28.0 Å². The van der Waals surface area contributed by atoms with Crippen LogP contribution in [0.15, 0.2) is 41.4 Å². The van der Waals surface area contributed by atoms with E-state index in [0.29, 0.717) is 24.4 Å². The molecule has 4 rings (SSSR count). The lowest BCUT2D eigenvalue weighted by Gasteiger charge is -2.16. The van der Waals surface area contributed by atoms with E-state index in [9.17, 15) is 18.0 Å². The highest BCUT2D eigenvalue weighted by molar-refractivity contribution is 7.89. The molecule has 0 bridgehead atoms. The molecule has 1 amide bonds. The quantitative estimate of drug-likeness (QED) is 0.547. The molecule has 174 valence electrons. The van der Waals surface area contributed by atoms with Gasteiger partial charge in [-0.15, -0.1) is 0 Å². The predicted octanol–water partition coefficient (Wildman–Crippen LogP) is 2.25. The number of carbonyl (C=O) groups excluding carboxylic acids is 2. The zero-order chi connectivity index (χ0) is 23.8. The van der Waals surface area contributed by atoms with Crippen molar-refractivity contribution >= 4 is 38.6 Å². The maximum absolute atomic E-state index is 12.6. The number of nitrogens with one attached hydrogen (secondary N) is 1. The number of nitrogens with zero attached hydrogens (tertiary/aromatic N) is 4. The second-order valence-electron chi connectivity index (χ2n) is 7.98. The van der Waals surface area contributed by atoms with Crippen LogP contribution in [-0.4, -0.2) is 58.6 Å². The first-order chi connectivity index (χ1) is 15.7. The third kappa shape index (κ3) is 4.60. The number of fused-ring (bicyclic) bond motifs is 1. The Bertz CT molecular complexity index is 1310. The fourth-order valence-corrected chi connectivity index (χ4v) is 5.25. The molecule has 0 unspecified atom stereocenters. The first-order valence-corrected chi connectivity index (χ1v) is 12.0. The summed E-state index contributed by atoms with van der Waals surface area (Å²) in [5.41, 5.74) is 1.99. The molecule has 0 spiro atoms. The number of anilines is 1. The lowest BCUT2D eigenvalue weighted by Crippen LogP contribution is -2.30. The van der Waals surface area contributed by atoms with Gasteiger partial charge in [0.2, 0.25) is 10.0 Å². The van der Waals surface area contributed by atoms with Crippen LogP contribution in [0.25, 0.3) is 11.0 Å². The molecule has 1 N–H and O–H groups in total. The summed E-state index contributed by atoms with van der Waals surface area (Å²) in [6.45, 7) is 4.32. The summed E-state index contributed by atoms with van der Waals surface area (Å²) in [7, 11) is -1.76. The number of benzene rings is 1. The van der Waals surface area contributed by atoms with Crippen LogP contribution in [-0.2, 0) is 26.6 Å². The fourth-order valence-electron chi connectivity index (χ4n) is 3.73. The van der Waals surface area contributed by atoms with Gasteiger partial charge < -0.3 is 10.1 Å². The first-order valence-electron chi connectivity index (χ1n) is 10.6. The molecule has 1 atom stereocenters. The average Bonchev–Trinajstić information content (AvgIpc) is 3.43. The highest BCUT2D eigenvalue weighted by Crippen LogP contribution is 2.22. The third-order valence-electron chi connectivity index (χ3n) is 5.58. The van der Waals surface area contributed by atoms with Crippen LogP contribution in [0.1, 0.15) is 35.8 Å². The van der Waals surface area contributed by atoms with E-state index in [2.05, 4.69) is 15.4 Å². The Morgan fingerprint density at radius 3 is 2.48 bits per heavy atom. The summed E-state index contributed by atoms with van der Waals surface area (Å²) in [5, 5.41) is 7.63. The number of aromatic nitrogens is 3. The van der Waals surface area contributed by atoms with Gasteiger partial charge in [0.25, 0.3) is 5.91 Å². The SMILES string of the molecule is Cc1nn(C)c2ncc(C(=O)O[C@H](C)C(=O)Nc3ccc(S(=O)(=O)N4CCCC4)cc3)cc12. The van der Waals surface area contributed by atoms with E-state index in [-0.39, 0.29) is 10.5 Å². The second kappa shape index (κ2) is 8.91. The van der Waals surface area contributed by atoms with Gasteiger partial charge in [0.05, 0.1) is 16.2 Å². The molecule has 0 aliphatic carbocycles. The maximum Gasteiger partial charge on any atom is 0.340 e. The molecule has 11 heteroatoms. The van der Waals surface area contributed by atoms with Crippen molar-refractivity contribution in [3.63, 3.8) is 0 Å². The molecule has 1 aliphatic heterocycles. The Labute approximate surface area is 191 Å². The van der Waals surface area contributed by atoms with Crippen molar-refractivity contribution < 1.29 is 22.7 Å². The fraction of sp³-hybridized carbons (Fsp3) is 0.364. The maximum atomic E-state index is 12.6. The number of ether oxygens (including phenoxy) is 1. The molecule has 0 radical (unpaired) electrons. The standard InChI is InChI=1S/C22H25N5O5S/c1-14-19-12-16(13-23-20(19)26(3)25-14)22(29)32-15(2)21(28)24-17-6-8-18(9-7-17)33(30,31)27-10-4-5-11-27/h6-9,12-13,15H,4-5,10-11H2,1-3H3,(H,24,28)/t15-/m1/s1. The van der Waals surface area contributed by atoms with Gasteiger partial charge in [0.15, 0.2) is 11.8 Å². The lowest BCUT2D eigenvalue weighted by molar-refractivity contribution is -0.123. The third-order valence-corrected chi connectivity index (χ3v) is 7.49. The smallest absolute Gasteiger partial charge is 0.340 e. The second-order valence-corrected chi connectivity index (χ2v) is 9.91. The number of aryl methyl sites for hydroxylation is 2. The summed E-state index contributed by atoms with van der Waals surface area (Å²) in [5.74, 6) is -1.22. The minimum absolute atomic E-state index is 0.176. The predicted molar refractivity (Wildman–Crippen MR) is 121 cm³/mol. The van der Waals surface area contributed by atoms with Gasteiger partial charge >= 0.3 is 5.97 Å². The van der Waals surface area contributed by atoms with Crippen LogP contribution in [0.5, 0.6) is 0 Å². The summed E-state index contributed by atoms with van der Waals surface area (Å²) < 4.78 is 33.6. The number of carbonyl (C=O) groups is 2. The van der Waals surface area contributed by atoms with Crippen LogP contribution in [0.3, 0.4) is 0 Å². The molecule has 1 aliphatic rings. The Morgan fingerprint density at radius 2 is 1.82 bits per heavy atom. The lowest BCUT2D eigenvalue weighted by atomic mass is 10.2. The summed E-state index contributed by atoms with van der Waals surface area (Å²) in [6.07, 6.45) is 2.03. The normalized spacial score (nSPS) is 15.5. The number of amides is 1. The average molecular weight is 472 g/mol.